The third kappa shape index (κ3) is 5.72. The molecule has 1 heterocycles. The number of benzene rings is 1. The van der Waals surface area contributed by atoms with Gasteiger partial charge in [0.1, 0.15) is 6.04 Å². The molecule has 1 fully saturated rings. The number of carbonyl (C=O) groups excluding carboxylic acids is 3. The SMILES string of the molecule is CC(=O)NC(C)C(=O)N1CCN(CC(=O)Nc2ccccc2Cl)CC1. The molecule has 0 bridgehead atoms. The van der Waals surface area contributed by atoms with Gasteiger partial charge in [0.05, 0.1) is 17.3 Å². The fraction of sp³-hybridized carbons (Fsp3) is 0.471. The second kappa shape index (κ2) is 8.82. The van der Waals surface area contributed by atoms with Crippen molar-refractivity contribution in [1.82, 2.24) is 15.1 Å². The van der Waals surface area contributed by atoms with Gasteiger partial charge in [-0.2, -0.15) is 0 Å². The molecule has 7 nitrogen and oxygen atoms in total. The molecule has 0 aliphatic carbocycles. The van der Waals surface area contributed by atoms with Crippen molar-refractivity contribution in [2.75, 3.05) is 38.0 Å². The van der Waals surface area contributed by atoms with Crippen LogP contribution in [0, 0.1) is 0 Å². The first kappa shape index (κ1) is 19.2. The van der Waals surface area contributed by atoms with Crippen LogP contribution in [-0.4, -0.2) is 66.3 Å². The molecule has 8 heteroatoms. The van der Waals surface area contributed by atoms with Gasteiger partial charge in [-0.05, 0) is 19.1 Å². The second-order valence-corrected chi connectivity index (χ2v) is 6.46. The van der Waals surface area contributed by atoms with E-state index in [9.17, 15) is 14.4 Å². The minimum atomic E-state index is -0.535. The Morgan fingerprint density at radius 3 is 2.40 bits per heavy atom. The molecule has 136 valence electrons. The first-order chi connectivity index (χ1) is 11.9. The van der Waals surface area contributed by atoms with Crippen molar-refractivity contribution in [3.8, 4) is 0 Å². The maximum Gasteiger partial charge on any atom is 0.244 e. The number of carbonyl (C=O) groups is 3. The first-order valence-corrected chi connectivity index (χ1v) is 8.57. The highest BCUT2D eigenvalue weighted by Crippen LogP contribution is 2.20. The van der Waals surface area contributed by atoms with Gasteiger partial charge < -0.3 is 15.5 Å². The average molecular weight is 367 g/mol. The van der Waals surface area contributed by atoms with E-state index >= 15 is 0 Å². The number of hydrogen-bond acceptors (Lipinski definition) is 4. The number of nitrogens with one attached hydrogen (secondary N) is 2. The van der Waals surface area contributed by atoms with Gasteiger partial charge in [0.15, 0.2) is 0 Å². The Bertz CT molecular complexity index is 645. The third-order valence-corrected chi connectivity index (χ3v) is 4.32. The van der Waals surface area contributed by atoms with Gasteiger partial charge in [0.2, 0.25) is 17.7 Å². The van der Waals surface area contributed by atoms with Crippen LogP contribution >= 0.6 is 11.6 Å². The van der Waals surface area contributed by atoms with Gasteiger partial charge in [-0.1, -0.05) is 23.7 Å². The van der Waals surface area contributed by atoms with E-state index in [0.717, 1.165) is 0 Å². The van der Waals surface area contributed by atoms with Crippen molar-refractivity contribution in [2.45, 2.75) is 19.9 Å². The molecule has 1 saturated heterocycles. The number of halogens is 1. The molecule has 2 N–H and O–H groups in total. The zero-order valence-electron chi connectivity index (χ0n) is 14.4. The van der Waals surface area contributed by atoms with Crippen LogP contribution in [0.1, 0.15) is 13.8 Å². The Hall–Kier alpha value is -2.12. The zero-order chi connectivity index (χ0) is 18.4. The molecule has 0 spiro atoms. The van der Waals surface area contributed by atoms with Crippen LogP contribution in [0.4, 0.5) is 5.69 Å². The molecule has 3 amide bonds. The topological polar surface area (TPSA) is 81.8 Å². The fourth-order valence-corrected chi connectivity index (χ4v) is 2.91. The Balaban J connectivity index is 1.78. The Labute approximate surface area is 152 Å². The predicted octanol–water partition coefficient (Wildman–Crippen LogP) is 0.947. The van der Waals surface area contributed by atoms with Crippen molar-refractivity contribution in [3.63, 3.8) is 0 Å². The van der Waals surface area contributed by atoms with Crippen molar-refractivity contribution in [2.24, 2.45) is 0 Å². The summed E-state index contributed by atoms with van der Waals surface area (Å²) in [5.74, 6) is -0.467. The van der Waals surface area contributed by atoms with E-state index in [1.54, 1.807) is 30.0 Å². The highest BCUT2D eigenvalue weighted by atomic mass is 35.5. The zero-order valence-corrected chi connectivity index (χ0v) is 15.2. The van der Waals surface area contributed by atoms with E-state index in [0.29, 0.717) is 36.9 Å². The molecular formula is C17H23ClN4O3. The molecule has 1 unspecified atom stereocenters. The number of anilines is 1. The maximum absolute atomic E-state index is 12.2. The minimum Gasteiger partial charge on any atom is -0.345 e. The smallest absolute Gasteiger partial charge is 0.244 e. The maximum atomic E-state index is 12.2. The van der Waals surface area contributed by atoms with Crippen LogP contribution in [0.3, 0.4) is 0 Å². The third-order valence-electron chi connectivity index (χ3n) is 3.99. The summed E-state index contributed by atoms with van der Waals surface area (Å²) in [6.45, 7) is 5.58. The summed E-state index contributed by atoms with van der Waals surface area (Å²) in [5.41, 5.74) is 0.590. The summed E-state index contributed by atoms with van der Waals surface area (Å²) in [5, 5.41) is 5.88. The average Bonchev–Trinajstić information content (AvgIpc) is 2.56. The summed E-state index contributed by atoms with van der Waals surface area (Å²) in [7, 11) is 0. The first-order valence-electron chi connectivity index (χ1n) is 8.19. The van der Waals surface area contributed by atoms with Crippen LogP contribution < -0.4 is 10.6 Å². The van der Waals surface area contributed by atoms with E-state index in [2.05, 4.69) is 10.6 Å². The monoisotopic (exact) mass is 366 g/mol. The number of piperazine rings is 1. The van der Waals surface area contributed by atoms with Crippen molar-refractivity contribution < 1.29 is 14.4 Å². The Kier molecular flexibility index (Phi) is 6.78. The van der Waals surface area contributed by atoms with Crippen LogP contribution in [0.5, 0.6) is 0 Å². The molecule has 1 aromatic carbocycles. The van der Waals surface area contributed by atoms with Gasteiger partial charge in [0.25, 0.3) is 0 Å². The highest BCUT2D eigenvalue weighted by molar-refractivity contribution is 6.33. The lowest BCUT2D eigenvalue weighted by Crippen LogP contribution is -2.54. The van der Waals surface area contributed by atoms with Gasteiger partial charge in [-0.3, -0.25) is 19.3 Å². The molecule has 25 heavy (non-hydrogen) atoms. The quantitative estimate of drug-likeness (QED) is 0.812. The Morgan fingerprint density at radius 1 is 1.16 bits per heavy atom. The summed E-state index contributed by atoms with van der Waals surface area (Å²) >= 11 is 6.03. The summed E-state index contributed by atoms with van der Waals surface area (Å²) in [4.78, 5) is 39.1. The largest absolute Gasteiger partial charge is 0.345 e. The van der Waals surface area contributed by atoms with Crippen molar-refractivity contribution >= 4 is 35.0 Å². The lowest BCUT2D eigenvalue weighted by atomic mass is 10.2. The number of para-hydroxylation sites is 1. The van der Waals surface area contributed by atoms with Crippen LogP contribution in [0.15, 0.2) is 24.3 Å². The molecule has 0 aromatic heterocycles. The Morgan fingerprint density at radius 2 is 1.80 bits per heavy atom. The standard InChI is InChI=1S/C17H23ClN4O3/c1-12(19-13(2)23)17(25)22-9-7-21(8-10-22)11-16(24)20-15-6-4-3-5-14(15)18/h3-6,12H,7-11H2,1-2H3,(H,19,23)(H,20,24). The van der Waals surface area contributed by atoms with E-state index < -0.39 is 6.04 Å². The van der Waals surface area contributed by atoms with Crippen LogP contribution in [0.25, 0.3) is 0 Å². The molecule has 0 radical (unpaired) electrons. The van der Waals surface area contributed by atoms with Gasteiger partial charge >= 0.3 is 0 Å². The van der Waals surface area contributed by atoms with Gasteiger partial charge in [-0.15, -0.1) is 0 Å². The lowest BCUT2D eigenvalue weighted by Gasteiger charge is -2.35. The second-order valence-electron chi connectivity index (χ2n) is 6.05. The van der Waals surface area contributed by atoms with E-state index in [4.69, 9.17) is 11.6 Å². The summed E-state index contributed by atoms with van der Waals surface area (Å²) < 4.78 is 0. The number of hydrogen-bond donors (Lipinski definition) is 2. The highest BCUT2D eigenvalue weighted by Gasteiger charge is 2.26. The molecule has 0 saturated carbocycles. The molecule has 1 aliphatic rings. The predicted molar refractivity (Wildman–Crippen MR) is 96.4 cm³/mol. The van der Waals surface area contributed by atoms with Crippen LogP contribution in [0.2, 0.25) is 5.02 Å². The van der Waals surface area contributed by atoms with E-state index in [1.165, 1.54) is 6.92 Å². The van der Waals surface area contributed by atoms with Gasteiger partial charge in [-0.25, -0.2) is 0 Å². The molecule has 1 aliphatic heterocycles. The molecule has 1 aromatic rings. The van der Waals surface area contributed by atoms with E-state index in [-0.39, 0.29) is 24.3 Å². The molecular weight excluding hydrogens is 344 g/mol. The normalized spacial score (nSPS) is 16.2. The molecule has 1 atom stereocenters. The summed E-state index contributed by atoms with van der Waals surface area (Å²) in [6.07, 6.45) is 0. The number of amides is 3. The van der Waals surface area contributed by atoms with Crippen LogP contribution in [-0.2, 0) is 14.4 Å². The van der Waals surface area contributed by atoms with E-state index in [1.807, 2.05) is 11.0 Å². The lowest BCUT2D eigenvalue weighted by molar-refractivity contribution is -0.137. The molecule has 2 rings (SSSR count). The number of nitrogens with zero attached hydrogens (tertiary/aromatic N) is 2. The van der Waals surface area contributed by atoms with Crippen molar-refractivity contribution in [3.05, 3.63) is 29.3 Å². The minimum absolute atomic E-state index is 0.102. The van der Waals surface area contributed by atoms with Crippen molar-refractivity contribution in [1.29, 1.82) is 0 Å². The summed E-state index contributed by atoms with van der Waals surface area (Å²) in [6, 6.07) is 6.55. The fourth-order valence-electron chi connectivity index (χ4n) is 2.72. The number of rotatable bonds is 5. The van der Waals surface area contributed by atoms with Gasteiger partial charge in [0, 0.05) is 33.1 Å².